The fourth-order valence-corrected chi connectivity index (χ4v) is 0.819. The summed E-state index contributed by atoms with van der Waals surface area (Å²) in [6.45, 7) is 0. The van der Waals surface area contributed by atoms with Crippen molar-refractivity contribution in [3.63, 3.8) is 0 Å². The van der Waals surface area contributed by atoms with E-state index in [1.54, 1.807) is 0 Å². The van der Waals surface area contributed by atoms with Crippen molar-refractivity contribution in [3.8, 4) is 0 Å². The molecule has 0 aliphatic rings. The molecule has 0 aliphatic heterocycles. The van der Waals surface area contributed by atoms with E-state index in [0.29, 0.717) is 0 Å². The molecule has 0 fully saturated rings. The minimum atomic E-state index is -4.48. The second-order valence-corrected chi connectivity index (χ2v) is 2.15. The summed E-state index contributed by atoms with van der Waals surface area (Å²) in [5.74, 6) is 0. The molecule has 0 unspecified atom stereocenters. The van der Waals surface area contributed by atoms with Crippen LogP contribution in [-0.4, -0.2) is 6.29 Å². The molecule has 0 N–H and O–H groups in total. The topological polar surface area (TPSA) is 17.1 Å². The van der Waals surface area contributed by atoms with E-state index in [2.05, 4.69) is 0 Å². The predicted octanol–water partition coefficient (Wildman–Crippen LogP) is 2.16. The standard InChI is InChI=1S/C8H4F3O/c9-8(10,11)7-4-2-1-3-6(7)5-12/h1-4H. The fourth-order valence-electron chi connectivity index (χ4n) is 0.819. The van der Waals surface area contributed by atoms with Gasteiger partial charge in [0.2, 0.25) is 6.29 Å². The molecule has 4 heteroatoms. The molecule has 0 spiro atoms. The second-order valence-electron chi connectivity index (χ2n) is 2.15. The van der Waals surface area contributed by atoms with E-state index in [-0.39, 0.29) is 0 Å². The van der Waals surface area contributed by atoms with Gasteiger partial charge in [0, 0.05) is 5.56 Å². The first-order valence-corrected chi connectivity index (χ1v) is 3.10. The Morgan fingerprint density at radius 2 is 1.75 bits per heavy atom. The monoisotopic (exact) mass is 173 g/mol. The molecule has 1 radical (unpaired) electrons. The summed E-state index contributed by atoms with van der Waals surface area (Å²) in [5, 5.41) is 0. The Balaban J connectivity index is 3.23. The smallest absolute Gasteiger partial charge is 0.285 e. The summed E-state index contributed by atoms with van der Waals surface area (Å²) >= 11 is 0. The predicted molar refractivity (Wildman–Crippen MR) is 36.2 cm³/mol. The second kappa shape index (κ2) is 2.97. The van der Waals surface area contributed by atoms with E-state index in [4.69, 9.17) is 0 Å². The number of benzene rings is 1. The molecule has 0 amide bonds. The van der Waals surface area contributed by atoms with Crippen molar-refractivity contribution in [3.05, 3.63) is 35.4 Å². The van der Waals surface area contributed by atoms with Crippen LogP contribution in [0.3, 0.4) is 0 Å². The van der Waals surface area contributed by atoms with Crippen molar-refractivity contribution in [2.24, 2.45) is 0 Å². The highest BCUT2D eigenvalue weighted by Crippen LogP contribution is 2.30. The third-order valence-corrected chi connectivity index (χ3v) is 1.34. The molecule has 1 aromatic rings. The van der Waals surface area contributed by atoms with Gasteiger partial charge in [0.25, 0.3) is 0 Å². The summed E-state index contributed by atoms with van der Waals surface area (Å²) < 4.78 is 36.2. The van der Waals surface area contributed by atoms with Crippen LogP contribution in [0.5, 0.6) is 0 Å². The van der Waals surface area contributed by atoms with Gasteiger partial charge in [-0.25, -0.2) is 0 Å². The Labute approximate surface area is 66.8 Å². The summed E-state index contributed by atoms with van der Waals surface area (Å²) in [6.07, 6.45) is -3.25. The SMILES string of the molecule is O=[C]c1ccccc1C(F)(F)F. The van der Waals surface area contributed by atoms with Crippen molar-refractivity contribution < 1.29 is 18.0 Å². The van der Waals surface area contributed by atoms with Crippen LogP contribution in [0, 0.1) is 0 Å². The Bertz CT molecular complexity index is 291. The number of rotatable bonds is 1. The van der Waals surface area contributed by atoms with Gasteiger partial charge >= 0.3 is 6.18 Å². The summed E-state index contributed by atoms with van der Waals surface area (Å²) in [4.78, 5) is 10.0. The number of hydrogen-bond acceptors (Lipinski definition) is 1. The lowest BCUT2D eigenvalue weighted by molar-refractivity contribution is -0.137. The number of carbonyl (C=O) groups excluding carboxylic acids is 1. The van der Waals surface area contributed by atoms with Crippen LogP contribution in [-0.2, 0) is 11.0 Å². The van der Waals surface area contributed by atoms with Gasteiger partial charge in [0.05, 0.1) is 5.56 Å². The minimum Gasteiger partial charge on any atom is -0.285 e. The molecule has 1 aromatic carbocycles. The maximum absolute atomic E-state index is 12.1. The van der Waals surface area contributed by atoms with E-state index >= 15 is 0 Å². The lowest BCUT2D eigenvalue weighted by Gasteiger charge is -2.07. The Hall–Kier alpha value is -1.32. The Morgan fingerprint density at radius 3 is 2.17 bits per heavy atom. The molecule has 0 aromatic heterocycles. The van der Waals surface area contributed by atoms with Gasteiger partial charge < -0.3 is 0 Å². The average molecular weight is 173 g/mol. The van der Waals surface area contributed by atoms with Crippen LogP contribution in [0.4, 0.5) is 13.2 Å². The van der Waals surface area contributed by atoms with Crippen molar-refractivity contribution in [2.75, 3.05) is 0 Å². The average Bonchev–Trinajstić information content (AvgIpc) is 2.03. The molecule has 63 valence electrons. The zero-order valence-electron chi connectivity index (χ0n) is 5.85. The summed E-state index contributed by atoms with van der Waals surface area (Å²) in [5.41, 5.74) is -1.40. The lowest BCUT2D eigenvalue weighted by Crippen LogP contribution is -2.08. The van der Waals surface area contributed by atoms with E-state index in [0.717, 1.165) is 12.1 Å². The van der Waals surface area contributed by atoms with Crippen LogP contribution in [0.25, 0.3) is 0 Å². The molecule has 1 nitrogen and oxygen atoms in total. The molecule has 0 atom stereocenters. The van der Waals surface area contributed by atoms with Gasteiger partial charge in [0.15, 0.2) is 0 Å². The van der Waals surface area contributed by atoms with Gasteiger partial charge in [0.1, 0.15) is 0 Å². The first-order valence-electron chi connectivity index (χ1n) is 3.10. The van der Waals surface area contributed by atoms with Gasteiger partial charge in [-0.15, -0.1) is 0 Å². The molecule has 0 aliphatic carbocycles. The first-order chi connectivity index (χ1) is 5.55. The van der Waals surface area contributed by atoms with Crippen LogP contribution in [0.15, 0.2) is 24.3 Å². The molecule has 0 heterocycles. The number of hydrogen-bond donors (Lipinski definition) is 0. The highest BCUT2D eigenvalue weighted by molar-refractivity contribution is 5.77. The van der Waals surface area contributed by atoms with Crippen LogP contribution in [0.1, 0.15) is 11.1 Å². The molecule has 1 rings (SSSR count). The van der Waals surface area contributed by atoms with E-state index in [1.807, 2.05) is 0 Å². The zero-order valence-corrected chi connectivity index (χ0v) is 5.85. The lowest BCUT2D eigenvalue weighted by atomic mass is 10.1. The normalized spacial score (nSPS) is 11.2. The third-order valence-electron chi connectivity index (χ3n) is 1.34. The first kappa shape index (κ1) is 8.77. The Morgan fingerprint density at radius 1 is 1.17 bits per heavy atom. The summed E-state index contributed by atoms with van der Waals surface area (Å²) in [7, 11) is 0. The Kier molecular flexibility index (Phi) is 2.17. The van der Waals surface area contributed by atoms with E-state index in [1.165, 1.54) is 18.4 Å². The molecular formula is C8H4F3O. The minimum absolute atomic E-state index is 0.454. The van der Waals surface area contributed by atoms with E-state index in [9.17, 15) is 18.0 Å². The highest BCUT2D eigenvalue weighted by Gasteiger charge is 2.32. The van der Waals surface area contributed by atoms with Crippen molar-refractivity contribution in [1.29, 1.82) is 0 Å². The molecule has 0 bridgehead atoms. The van der Waals surface area contributed by atoms with Crippen LogP contribution >= 0.6 is 0 Å². The largest absolute Gasteiger partial charge is 0.417 e. The maximum Gasteiger partial charge on any atom is 0.417 e. The maximum atomic E-state index is 12.1. The van der Waals surface area contributed by atoms with Crippen molar-refractivity contribution in [1.82, 2.24) is 0 Å². The van der Waals surface area contributed by atoms with Crippen molar-refractivity contribution in [2.45, 2.75) is 6.18 Å². The number of halogens is 3. The summed E-state index contributed by atoms with van der Waals surface area (Å²) in [6, 6.07) is 4.51. The quantitative estimate of drug-likeness (QED) is 0.636. The molecule has 0 saturated carbocycles. The van der Waals surface area contributed by atoms with Crippen LogP contribution < -0.4 is 0 Å². The van der Waals surface area contributed by atoms with Gasteiger partial charge in [-0.1, -0.05) is 18.2 Å². The molecular weight excluding hydrogens is 169 g/mol. The van der Waals surface area contributed by atoms with Crippen molar-refractivity contribution >= 4 is 6.29 Å². The molecule has 12 heavy (non-hydrogen) atoms. The van der Waals surface area contributed by atoms with Gasteiger partial charge in [-0.2, -0.15) is 13.2 Å². The number of alkyl halides is 3. The molecule has 0 saturated heterocycles. The van der Waals surface area contributed by atoms with Crippen LogP contribution in [0.2, 0.25) is 0 Å². The third kappa shape index (κ3) is 1.64. The highest BCUT2D eigenvalue weighted by atomic mass is 19.4. The zero-order chi connectivity index (χ0) is 9.19. The fraction of sp³-hybridized carbons (Fsp3) is 0.125. The van der Waals surface area contributed by atoms with E-state index < -0.39 is 17.3 Å². The van der Waals surface area contributed by atoms with Gasteiger partial charge in [-0.3, -0.25) is 4.79 Å². The van der Waals surface area contributed by atoms with Gasteiger partial charge in [-0.05, 0) is 6.07 Å².